The number of thiol groups is 1. The maximum Gasteiger partial charge on any atom is 0.254 e. The number of piperidine rings is 1. The zero-order valence-electron chi connectivity index (χ0n) is 10.5. The van der Waals surface area contributed by atoms with Crippen molar-refractivity contribution in [3.8, 4) is 0 Å². The van der Waals surface area contributed by atoms with Gasteiger partial charge in [-0.1, -0.05) is 6.42 Å². The molecule has 96 valence electrons. The van der Waals surface area contributed by atoms with Gasteiger partial charge in [0, 0.05) is 23.0 Å². The molecule has 1 saturated carbocycles. The first-order valence-corrected chi connectivity index (χ1v) is 7.30. The van der Waals surface area contributed by atoms with E-state index >= 15 is 0 Å². The zero-order chi connectivity index (χ0) is 12.5. The van der Waals surface area contributed by atoms with Crippen molar-refractivity contribution in [1.29, 1.82) is 0 Å². The molecule has 3 rings (SSSR count). The van der Waals surface area contributed by atoms with Crippen molar-refractivity contribution in [2.24, 2.45) is 5.92 Å². The number of nitrogens with zero attached hydrogens (tertiary/aromatic N) is 1. The summed E-state index contributed by atoms with van der Waals surface area (Å²) in [4.78, 5) is 15.6. The molecule has 2 atom stereocenters. The number of fused-ring (bicyclic) bond motifs is 1. The van der Waals surface area contributed by atoms with Gasteiger partial charge in [-0.05, 0) is 55.9 Å². The Kier molecular flexibility index (Phi) is 3.33. The lowest BCUT2D eigenvalue weighted by Gasteiger charge is -2.37. The second kappa shape index (κ2) is 4.96. The van der Waals surface area contributed by atoms with Crippen molar-refractivity contribution < 1.29 is 4.79 Å². The Morgan fingerprint density at radius 1 is 1.11 bits per heavy atom. The summed E-state index contributed by atoms with van der Waals surface area (Å²) in [5.41, 5.74) is 0.806. The Labute approximate surface area is 114 Å². The highest BCUT2D eigenvalue weighted by atomic mass is 32.1. The van der Waals surface area contributed by atoms with Crippen molar-refractivity contribution in [2.45, 2.75) is 43.0 Å². The van der Waals surface area contributed by atoms with E-state index in [1.165, 1.54) is 25.7 Å². The predicted octanol–water partition coefficient (Wildman–Crippen LogP) is 3.38. The molecule has 0 radical (unpaired) electrons. The number of carbonyl (C=O) groups is 1. The van der Waals surface area contributed by atoms with Crippen LogP contribution in [-0.4, -0.2) is 23.4 Å². The van der Waals surface area contributed by atoms with Crippen LogP contribution in [0.1, 0.15) is 42.5 Å². The van der Waals surface area contributed by atoms with Gasteiger partial charge in [0.2, 0.25) is 0 Å². The number of likely N-dealkylation sites (tertiary alicyclic amines) is 1. The highest BCUT2D eigenvalue weighted by Gasteiger charge is 2.37. The summed E-state index contributed by atoms with van der Waals surface area (Å²) in [5, 5.41) is 0. The van der Waals surface area contributed by atoms with Crippen LogP contribution in [0.15, 0.2) is 29.2 Å². The molecular weight excluding hydrogens is 242 g/mol. The summed E-state index contributed by atoms with van der Waals surface area (Å²) in [6, 6.07) is 8.08. The Balaban J connectivity index is 1.81. The second-order valence-electron chi connectivity index (χ2n) is 5.45. The van der Waals surface area contributed by atoms with Gasteiger partial charge in [-0.25, -0.2) is 0 Å². The average Bonchev–Trinajstić information content (AvgIpc) is 2.87. The van der Waals surface area contributed by atoms with Crippen LogP contribution in [-0.2, 0) is 0 Å². The Morgan fingerprint density at radius 2 is 1.83 bits per heavy atom. The van der Waals surface area contributed by atoms with Crippen LogP contribution in [0.3, 0.4) is 0 Å². The van der Waals surface area contributed by atoms with Gasteiger partial charge >= 0.3 is 0 Å². The maximum atomic E-state index is 12.6. The Hall–Kier alpha value is -0.960. The van der Waals surface area contributed by atoms with Gasteiger partial charge in [0.25, 0.3) is 5.91 Å². The molecule has 2 nitrogen and oxygen atoms in total. The van der Waals surface area contributed by atoms with Crippen LogP contribution >= 0.6 is 12.6 Å². The van der Waals surface area contributed by atoms with Crippen molar-refractivity contribution in [1.82, 2.24) is 4.90 Å². The van der Waals surface area contributed by atoms with Crippen LogP contribution in [0.25, 0.3) is 0 Å². The molecule has 2 aliphatic rings. The number of carbonyl (C=O) groups excluding carboxylic acids is 1. The minimum absolute atomic E-state index is 0.208. The van der Waals surface area contributed by atoms with E-state index < -0.39 is 0 Å². The number of amides is 1. The highest BCUT2D eigenvalue weighted by molar-refractivity contribution is 7.80. The lowest BCUT2D eigenvalue weighted by atomic mass is 9.91. The monoisotopic (exact) mass is 261 g/mol. The van der Waals surface area contributed by atoms with Crippen LogP contribution in [0.4, 0.5) is 0 Å². The van der Waals surface area contributed by atoms with Gasteiger partial charge in [-0.2, -0.15) is 0 Å². The topological polar surface area (TPSA) is 20.3 Å². The number of benzene rings is 1. The van der Waals surface area contributed by atoms with E-state index in [2.05, 4.69) is 17.5 Å². The molecule has 3 heteroatoms. The lowest BCUT2D eigenvalue weighted by Crippen LogP contribution is -2.46. The fourth-order valence-electron chi connectivity index (χ4n) is 3.48. The van der Waals surface area contributed by atoms with Crippen molar-refractivity contribution >= 4 is 18.5 Å². The van der Waals surface area contributed by atoms with Gasteiger partial charge in [0.15, 0.2) is 0 Å². The minimum Gasteiger partial charge on any atom is -0.335 e. The quantitative estimate of drug-likeness (QED) is 0.768. The van der Waals surface area contributed by atoms with Crippen molar-refractivity contribution in [2.75, 3.05) is 6.54 Å². The summed E-state index contributed by atoms with van der Waals surface area (Å²) in [7, 11) is 0. The third kappa shape index (κ3) is 2.16. The molecular formula is C15H19NOS. The van der Waals surface area contributed by atoms with Gasteiger partial charge in [0.05, 0.1) is 0 Å². The van der Waals surface area contributed by atoms with E-state index in [9.17, 15) is 4.79 Å². The SMILES string of the molecule is O=C(c1ccc(S)cc1)N1CCCC2CCCC21. The first-order valence-electron chi connectivity index (χ1n) is 6.86. The molecule has 18 heavy (non-hydrogen) atoms. The summed E-state index contributed by atoms with van der Waals surface area (Å²) in [5.74, 6) is 0.965. The molecule has 1 aliphatic heterocycles. The lowest BCUT2D eigenvalue weighted by molar-refractivity contribution is 0.0548. The third-order valence-corrected chi connectivity index (χ3v) is 4.67. The highest BCUT2D eigenvalue weighted by Crippen LogP contribution is 2.37. The standard InChI is InChI=1S/C15H19NOS/c17-15(12-6-8-13(18)9-7-12)16-10-2-4-11-3-1-5-14(11)16/h6-9,11,14,18H,1-5,10H2. The molecule has 0 spiro atoms. The van der Waals surface area contributed by atoms with E-state index in [0.717, 1.165) is 29.3 Å². The van der Waals surface area contributed by atoms with Gasteiger partial charge < -0.3 is 4.90 Å². The zero-order valence-corrected chi connectivity index (χ0v) is 11.4. The fourth-order valence-corrected chi connectivity index (χ4v) is 3.63. The summed E-state index contributed by atoms with van der Waals surface area (Å²) >= 11 is 4.26. The maximum absolute atomic E-state index is 12.6. The minimum atomic E-state index is 0.208. The van der Waals surface area contributed by atoms with Crippen molar-refractivity contribution in [3.63, 3.8) is 0 Å². The molecule has 0 aromatic heterocycles. The van der Waals surface area contributed by atoms with Gasteiger partial charge in [-0.3, -0.25) is 4.79 Å². The second-order valence-corrected chi connectivity index (χ2v) is 5.96. The van der Waals surface area contributed by atoms with E-state index in [-0.39, 0.29) is 5.91 Å². The van der Waals surface area contributed by atoms with Crippen LogP contribution < -0.4 is 0 Å². The summed E-state index contributed by atoms with van der Waals surface area (Å²) < 4.78 is 0. The normalized spacial score (nSPS) is 27.1. The molecule has 1 aliphatic carbocycles. The van der Waals surface area contributed by atoms with Gasteiger partial charge in [0.1, 0.15) is 0 Å². The molecule has 1 aromatic rings. The average molecular weight is 261 g/mol. The Bertz CT molecular complexity index is 442. The first-order chi connectivity index (χ1) is 8.75. The van der Waals surface area contributed by atoms with Crippen molar-refractivity contribution in [3.05, 3.63) is 29.8 Å². The van der Waals surface area contributed by atoms with E-state index in [4.69, 9.17) is 0 Å². The molecule has 0 N–H and O–H groups in total. The van der Waals surface area contributed by atoms with E-state index in [0.29, 0.717) is 6.04 Å². The Morgan fingerprint density at radius 3 is 2.61 bits per heavy atom. The molecule has 2 fully saturated rings. The van der Waals surface area contributed by atoms with Gasteiger partial charge in [-0.15, -0.1) is 12.6 Å². The van der Waals surface area contributed by atoms with Crippen LogP contribution in [0.5, 0.6) is 0 Å². The number of hydrogen-bond donors (Lipinski definition) is 1. The smallest absolute Gasteiger partial charge is 0.254 e. The fraction of sp³-hybridized carbons (Fsp3) is 0.533. The molecule has 1 amide bonds. The molecule has 2 unspecified atom stereocenters. The number of hydrogen-bond acceptors (Lipinski definition) is 2. The molecule has 1 saturated heterocycles. The van der Waals surface area contributed by atoms with E-state index in [1.807, 2.05) is 24.3 Å². The van der Waals surface area contributed by atoms with Crippen LogP contribution in [0, 0.1) is 5.92 Å². The largest absolute Gasteiger partial charge is 0.335 e. The predicted molar refractivity (Wildman–Crippen MR) is 75.1 cm³/mol. The van der Waals surface area contributed by atoms with E-state index in [1.54, 1.807) is 0 Å². The van der Waals surface area contributed by atoms with Crippen LogP contribution in [0.2, 0.25) is 0 Å². The third-order valence-electron chi connectivity index (χ3n) is 4.37. The molecule has 1 aromatic carbocycles. The number of rotatable bonds is 1. The molecule has 1 heterocycles. The summed E-state index contributed by atoms with van der Waals surface area (Å²) in [6.45, 7) is 0.933. The summed E-state index contributed by atoms with van der Waals surface area (Å²) in [6.07, 6.45) is 6.27. The first kappa shape index (κ1) is 12.1. The molecule has 0 bridgehead atoms.